The van der Waals surface area contributed by atoms with Gasteiger partial charge in [-0.1, -0.05) is 25.0 Å². The summed E-state index contributed by atoms with van der Waals surface area (Å²) in [5.74, 6) is -0.564. The molecule has 1 aliphatic rings. The molecule has 0 saturated heterocycles. The Hall–Kier alpha value is -1.92. The molecule has 1 heterocycles. The second-order valence-corrected chi connectivity index (χ2v) is 5.48. The van der Waals surface area contributed by atoms with Crippen molar-refractivity contribution in [2.24, 2.45) is 5.92 Å². The van der Waals surface area contributed by atoms with Gasteiger partial charge in [0.15, 0.2) is 5.69 Å². The largest absolute Gasteiger partial charge is 0.476 e. The predicted molar refractivity (Wildman–Crippen MR) is 71.2 cm³/mol. The average Bonchev–Trinajstić information content (AvgIpc) is 2.75. The zero-order valence-corrected chi connectivity index (χ0v) is 11.6. The summed E-state index contributed by atoms with van der Waals surface area (Å²) in [4.78, 5) is 22.6. The van der Waals surface area contributed by atoms with E-state index in [1.54, 1.807) is 0 Å². The fourth-order valence-corrected chi connectivity index (χ4v) is 2.53. The third kappa shape index (κ3) is 4.04. The number of carbonyl (C=O) groups excluding carboxylic acids is 1. The van der Waals surface area contributed by atoms with Crippen LogP contribution in [0.3, 0.4) is 0 Å². The van der Waals surface area contributed by atoms with Crippen LogP contribution in [0.1, 0.15) is 49.5 Å². The third-order valence-electron chi connectivity index (χ3n) is 3.69. The number of hydrogen-bond acceptors (Lipinski definition) is 4. The number of rotatable bonds is 4. The van der Waals surface area contributed by atoms with Crippen molar-refractivity contribution >= 4 is 11.9 Å². The molecule has 1 fully saturated rings. The molecule has 7 heteroatoms. The quantitative estimate of drug-likeness (QED) is 0.804. The van der Waals surface area contributed by atoms with Crippen LogP contribution in [0, 0.1) is 5.92 Å². The number of aromatic nitrogens is 3. The first-order chi connectivity index (χ1) is 9.54. The van der Waals surface area contributed by atoms with Gasteiger partial charge in [-0.05, 0) is 25.2 Å². The van der Waals surface area contributed by atoms with E-state index in [4.69, 9.17) is 5.11 Å². The minimum Gasteiger partial charge on any atom is -0.476 e. The van der Waals surface area contributed by atoms with E-state index in [9.17, 15) is 9.59 Å². The van der Waals surface area contributed by atoms with Crippen molar-refractivity contribution in [1.82, 2.24) is 20.3 Å². The van der Waals surface area contributed by atoms with Gasteiger partial charge in [-0.2, -0.15) is 0 Å². The van der Waals surface area contributed by atoms with E-state index < -0.39 is 5.97 Å². The highest BCUT2D eigenvalue weighted by Crippen LogP contribution is 2.22. The lowest BCUT2D eigenvalue weighted by molar-refractivity contribution is -0.122. The molecule has 20 heavy (non-hydrogen) atoms. The molecule has 0 radical (unpaired) electrons. The summed E-state index contributed by atoms with van der Waals surface area (Å²) in [5, 5.41) is 18.8. The molecule has 1 aliphatic carbocycles. The van der Waals surface area contributed by atoms with Crippen molar-refractivity contribution in [2.75, 3.05) is 0 Å². The monoisotopic (exact) mass is 280 g/mol. The number of carbonyl (C=O) groups is 2. The summed E-state index contributed by atoms with van der Waals surface area (Å²) in [7, 11) is 0. The van der Waals surface area contributed by atoms with Gasteiger partial charge in [0, 0.05) is 6.04 Å². The number of carboxylic acids is 1. The van der Waals surface area contributed by atoms with Gasteiger partial charge in [-0.25, -0.2) is 9.48 Å². The minimum atomic E-state index is -1.14. The summed E-state index contributed by atoms with van der Waals surface area (Å²) in [6, 6.07) is 0.218. The van der Waals surface area contributed by atoms with Gasteiger partial charge in [0.25, 0.3) is 0 Å². The smallest absolute Gasteiger partial charge is 0.358 e. The Morgan fingerprint density at radius 3 is 2.90 bits per heavy atom. The van der Waals surface area contributed by atoms with Gasteiger partial charge in [0.1, 0.15) is 6.54 Å². The molecule has 0 bridgehead atoms. The standard InChI is InChI=1S/C13H20N4O3/c1-9-3-2-4-10(6-5-9)14-12(18)8-17-7-11(13(19)20)15-16-17/h7,9-10H,2-6,8H2,1H3,(H,14,18)(H,19,20). The maximum Gasteiger partial charge on any atom is 0.358 e. The fraction of sp³-hybridized carbons (Fsp3) is 0.692. The Bertz CT molecular complexity index is 486. The highest BCUT2D eigenvalue weighted by Gasteiger charge is 2.18. The maximum absolute atomic E-state index is 11.9. The van der Waals surface area contributed by atoms with Gasteiger partial charge in [-0.15, -0.1) is 5.10 Å². The Labute approximate surface area is 117 Å². The van der Waals surface area contributed by atoms with Gasteiger partial charge < -0.3 is 10.4 Å². The van der Waals surface area contributed by atoms with Crippen LogP contribution < -0.4 is 5.32 Å². The van der Waals surface area contributed by atoms with Crippen LogP contribution >= 0.6 is 0 Å². The van der Waals surface area contributed by atoms with E-state index in [2.05, 4.69) is 22.6 Å². The van der Waals surface area contributed by atoms with Crippen molar-refractivity contribution < 1.29 is 14.7 Å². The molecule has 7 nitrogen and oxygen atoms in total. The second-order valence-electron chi connectivity index (χ2n) is 5.48. The van der Waals surface area contributed by atoms with Crippen LogP contribution in [0.15, 0.2) is 6.20 Å². The van der Waals surface area contributed by atoms with Crippen molar-refractivity contribution in [3.05, 3.63) is 11.9 Å². The van der Waals surface area contributed by atoms with E-state index >= 15 is 0 Å². The predicted octanol–water partition coefficient (Wildman–Crippen LogP) is 1.06. The lowest BCUT2D eigenvalue weighted by Gasteiger charge is -2.16. The lowest BCUT2D eigenvalue weighted by atomic mass is 10.0. The molecule has 2 N–H and O–H groups in total. The Balaban J connectivity index is 1.83. The average molecular weight is 280 g/mol. The van der Waals surface area contributed by atoms with Crippen LogP contribution in [-0.2, 0) is 11.3 Å². The zero-order valence-electron chi connectivity index (χ0n) is 11.6. The fourth-order valence-electron chi connectivity index (χ4n) is 2.53. The number of carboxylic acid groups (broad SMARTS) is 1. The van der Waals surface area contributed by atoms with Crippen molar-refractivity contribution in [2.45, 2.75) is 51.6 Å². The van der Waals surface area contributed by atoms with Gasteiger partial charge in [0.05, 0.1) is 6.20 Å². The van der Waals surface area contributed by atoms with E-state index in [-0.39, 0.29) is 24.2 Å². The topological polar surface area (TPSA) is 97.1 Å². The molecule has 0 spiro atoms. The molecular formula is C13H20N4O3. The van der Waals surface area contributed by atoms with Crippen LogP contribution in [-0.4, -0.2) is 38.0 Å². The number of amides is 1. The van der Waals surface area contributed by atoms with Gasteiger partial charge in [-0.3, -0.25) is 4.79 Å². The van der Waals surface area contributed by atoms with E-state index in [1.807, 2.05) is 0 Å². The molecule has 2 rings (SSSR count). The lowest BCUT2D eigenvalue weighted by Crippen LogP contribution is -2.36. The normalized spacial score (nSPS) is 23.1. The molecule has 2 atom stereocenters. The zero-order chi connectivity index (χ0) is 14.5. The van der Waals surface area contributed by atoms with Gasteiger partial charge >= 0.3 is 5.97 Å². The molecule has 1 aromatic heterocycles. The first-order valence-corrected chi connectivity index (χ1v) is 6.97. The molecule has 1 aromatic rings. The first kappa shape index (κ1) is 14.5. The summed E-state index contributed by atoms with van der Waals surface area (Å²) >= 11 is 0. The third-order valence-corrected chi connectivity index (χ3v) is 3.69. The van der Waals surface area contributed by atoms with E-state index in [0.717, 1.165) is 31.6 Å². The Kier molecular flexibility index (Phi) is 4.70. The van der Waals surface area contributed by atoms with Crippen LogP contribution in [0.5, 0.6) is 0 Å². The molecule has 2 unspecified atom stereocenters. The molecular weight excluding hydrogens is 260 g/mol. The number of aromatic carboxylic acids is 1. The molecule has 1 amide bonds. The van der Waals surface area contributed by atoms with E-state index in [0.29, 0.717) is 0 Å². The van der Waals surface area contributed by atoms with Crippen LogP contribution in [0.2, 0.25) is 0 Å². The maximum atomic E-state index is 11.9. The SMILES string of the molecule is CC1CCCC(NC(=O)Cn2cc(C(=O)O)nn2)CC1. The number of nitrogens with zero attached hydrogens (tertiary/aromatic N) is 3. The summed E-state index contributed by atoms with van der Waals surface area (Å²) in [5.41, 5.74) is -0.152. The second kappa shape index (κ2) is 6.49. The minimum absolute atomic E-state index is 0.00628. The van der Waals surface area contributed by atoms with Gasteiger partial charge in [0.2, 0.25) is 5.91 Å². The number of hydrogen-bond donors (Lipinski definition) is 2. The Morgan fingerprint density at radius 1 is 1.40 bits per heavy atom. The highest BCUT2D eigenvalue weighted by atomic mass is 16.4. The highest BCUT2D eigenvalue weighted by molar-refractivity contribution is 5.84. The van der Waals surface area contributed by atoms with Crippen LogP contribution in [0.25, 0.3) is 0 Å². The molecule has 110 valence electrons. The summed E-state index contributed by atoms with van der Waals surface area (Å²) in [6.45, 7) is 2.25. The van der Waals surface area contributed by atoms with Crippen molar-refractivity contribution in [1.29, 1.82) is 0 Å². The Morgan fingerprint density at radius 2 is 2.20 bits per heavy atom. The molecule has 1 saturated carbocycles. The van der Waals surface area contributed by atoms with Crippen LogP contribution in [0.4, 0.5) is 0 Å². The molecule has 0 aliphatic heterocycles. The van der Waals surface area contributed by atoms with Crippen molar-refractivity contribution in [3.8, 4) is 0 Å². The summed E-state index contributed by atoms with van der Waals surface area (Å²) in [6.07, 6.45) is 6.77. The first-order valence-electron chi connectivity index (χ1n) is 6.97. The number of nitrogens with one attached hydrogen (secondary N) is 1. The van der Waals surface area contributed by atoms with Crippen molar-refractivity contribution in [3.63, 3.8) is 0 Å². The summed E-state index contributed by atoms with van der Waals surface area (Å²) < 4.78 is 1.25. The van der Waals surface area contributed by atoms with E-state index in [1.165, 1.54) is 17.3 Å². The molecule has 0 aromatic carbocycles.